The molecular weight excluding hydrogens is 339 g/mol. The largest absolute Gasteiger partial charge is 0.491 e. The molecule has 0 saturated carbocycles. The summed E-state index contributed by atoms with van der Waals surface area (Å²) in [6, 6.07) is 14.7. The second-order valence-corrected chi connectivity index (χ2v) is 8.02. The summed E-state index contributed by atoms with van der Waals surface area (Å²) in [5, 5.41) is 9.09. The van der Waals surface area contributed by atoms with Gasteiger partial charge in [0.25, 0.3) is 0 Å². The first-order valence-electron chi connectivity index (χ1n) is 8.24. The zero-order chi connectivity index (χ0) is 18.5. The summed E-state index contributed by atoms with van der Waals surface area (Å²) in [7, 11) is -3.74. The molecule has 25 heavy (non-hydrogen) atoms. The fourth-order valence-electron chi connectivity index (χ4n) is 2.61. The number of aliphatic hydroxyl groups is 1. The Balaban J connectivity index is 2.22. The minimum Gasteiger partial charge on any atom is -0.491 e. The first kappa shape index (κ1) is 19.7. The van der Waals surface area contributed by atoms with Crippen molar-refractivity contribution in [3.8, 4) is 5.75 Å². The maximum Gasteiger partial charge on any atom is 0.358 e. The van der Waals surface area contributed by atoms with Crippen molar-refractivity contribution in [1.29, 1.82) is 0 Å². The van der Waals surface area contributed by atoms with Gasteiger partial charge in [0.1, 0.15) is 12.4 Å². The van der Waals surface area contributed by atoms with Crippen molar-refractivity contribution in [3.05, 3.63) is 59.7 Å². The molecule has 0 heterocycles. The third-order valence-electron chi connectivity index (χ3n) is 4.16. The Kier molecular flexibility index (Phi) is 6.42. The number of aliphatic hydroxyl groups excluding tert-OH is 1. The van der Waals surface area contributed by atoms with Crippen LogP contribution in [-0.4, -0.2) is 29.8 Å². The Labute approximate surface area is 148 Å². The highest BCUT2D eigenvalue weighted by molar-refractivity contribution is 7.61. The van der Waals surface area contributed by atoms with Gasteiger partial charge in [0.15, 0.2) is 0 Å². The molecule has 0 aromatic heterocycles. The average molecular weight is 364 g/mol. The lowest BCUT2D eigenvalue weighted by Gasteiger charge is -2.26. The van der Waals surface area contributed by atoms with Crippen molar-refractivity contribution in [3.63, 3.8) is 0 Å². The summed E-state index contributed by atoms with van der Waals surface area (Å²) in [6.45, 7) is 6.31. The standard InChI is InChI=1S/C19H25O5P/c1-4-24-25(21,22)18-11-7-16(8-12-18)19(2,3)15-5-9-17(10-6-15)23-14-13-20/h5-12,20H,4,13-14H2,1-3H3,(H,21,22). The predicted molar refractivity (Wildman–Crippen MR) is 98.7 cm³/mol. The molecule has 2 aromatic rings. The van der Waals surface area contributed by atoms with Gasteiger partial charge in [0.05, 0.1) is 18.5 Å². The van der Waals surface area contributed by atoms with Gasteiger partial charge in [-0.25, -0.2) is 0 Å². The van der Waals surface area contributed by atoms with Crippen LogP contribution in [0.2, 0.25) is 0 Å². The summed E-state index contributed by atoms with van der Waals surface area (Å²) in [6.07, 6.45) is 0. The molecule has 0 fully saturated rings. The zero-order valence-corrected chi connectivity index (χ0v) is 15.7. The van der Waals surface area contributed by atoms with E-state index in [2.05, 4.69) is 13.8 Å². The molecule has 136 valence electrons. The number of hydrogen-bond donors (Lipinski definition) is 2. The quantitative estimate of drug-likeness (QED) is 0.704. The van der Waals surface area contributed by atoms with Crippen molar-refractivity contribution < 1.29 is 23.8 Å². The molecule has 0 bridgehead atoms. The van der Waals surface area contributed by atoms with Gasteiger partial charge in [0, 0.05) is 5.41 Å². The van der Waals surface area contributed by atoms with Crippen LogP contribution in [0.1, 0.15) is 31.9 Å². The van der Waals surface area contributed by atoms with Crippen LogP contribution in [0.15, 0.2) is 48.5 Å². The monoisotopic (exact) mass is 364 g/mol. The van der Waals surface area contributed by atoms with E-state index in [0.29, 0.717) is 11.1 Å². The molecule has 2 aromatic carbocycles. The van der Waals surface area contributed by atoms with Gasteiger partial charge in [-0.1, -0.05) is 38.1 Å². The van der Waals surface area contributed by atoms with Gasteiger partial charge in [-0.3, -0.25) is 4.57 Å². The zero-order valence-electron chi connectivity index (χ0n) is 14.8. The molecule has 5 nitrogen and oxygen atoms in total. The maximum absolute atomic E-state index is 12.1. The Morgan fingerprint density at radius 1 is 1.00 bits per heavy atom. The summed E-state index contributed by atoms with van der Waals surface area (Å²) < 4.78 is 22.4. The van der Waals surface area contributed by atoms with Crippen LogP contribution >= 0.6 is 7.60 Å². The summed E-state index contributed by atoms with van der Waals surface area (Å²) in [5.41, 5.74) is 1.84. The molecule has 0 saturated heterocycles. The van der Waals surface area contributed by atoms with E-state index in [4.69, 9.17) is 14.4 Å². The van der Waals surface area contributed by atoms with Gasteiger partial charge in [-0.05, 0) is 42.3 Å². The highest BCUT2D eigenvalue weighted by Crippen LogP contribution is 2.41. The van der Waals surface area contributed by atoms with Crippen molar-refractivity contribution >= 4 is 12.9 Å². The molecule has 2 N–H and O–H groups in total. The summed E-state index contributed by atoms with van der Waals surface area (Å²) >= 11 is 0. The molecule has 0 aliphatic carbocycles. The van der Waals surface area contributed by atoms with E-state index in [9.17, 15) is 9.46 Å². The van der Waals surface area contributed by atoms with Gasteiger partial charge >= 0.3 is 7.60 Å². The first-order chi connectivity index (χ1) is 11.8. The minimum atomic E-state index is -3.74. The van der Waals surface area contributed by atoms with Crippen LogP contribution in [0.4, 0.5) is 0 Å². The molecule has 1 unspecified atom stereocenters. The molecule has 6 heteroatoms. The molecular formula is C19H25O5P. The van der Waals surface area contributed by atoms with Gasteiger partial charge < -0.3 is 19.3 Å². The highest BCUT2D eigenvalue weighted by atomic mass is 31.2. The minimum absolute atomic E-state index is 0.0178. The van der Waals surface area contributed by atoms with E-state index in [-0.39, 0.29) is 25.2 Å². The lowest BCUT2D eigenvalue weighted by atomic mass is 9.78. The molecule has 0 amide bonds. The van der Waals surface area contributed by atoms with Gasteiger partial charge in [-0.15, -0.1) is 0 Å². The van der Waals surface area contributed by atoms with E-state index in [1.54, 1.807) is 19.1 Å². The fourth-order valence-corrected chi connectivity index (χ4v) is 3.64. The number of hydrogen-bond acceptors (Lipinski definition) is 4. The number of rotatable bonds is 8. The first-order valence-corrected chi connectivity index (χ1v) is 9.81. The molecule has 0 aliphatic rings. The van der Waals surface area contributed by atoms with E-state index in [0.717, 1.165) is 11.1 Å². The SMILES string of the molecule is CCOP(=O)(O)c1ccc(C(C)(C)c2ccc(OCCO)cc2)cc1. The molecule has 0 radical (unpaired) electrons. The van der Waals surface area contributed by atoms with E-state index in [1.165, 1.54) is 0 Å². The highest BCUT2D eigenvalue weighted by Gasteiger charge is 2.26. The predicted octanol–water partition coefficient (Wildman–Crippen LogP) is 3.23. The van der Waals surface area contributed by atoms with Crippen LogP contribution in [-0.2, 0) is 14.5 Å². The Morgan fingerprint density at radius 2 is 1.52 bits per heavy atom. The topological polar surface area (TPSA) is 76.0 Å². The van der Waals surface area contributed by atoms with Crippen LogP contribution in [0.3, 0.4) is 0 Å². The Bertz CT molecular complexity index is 722. The van der Waals surface area contributed by atoms with E-state index in [1.807, 2.05) is 36.4 Å². The second-order valence-electron chi connectivity index (χ2n) is 6.21. The van der Waals surface area contributed by atoms with Crippen molar-refractivity contribution in [2.24, 2.45) is 0 Å². The number of benzene rings is 2. The summed E-state index contributed by atoms with van der Waals surface area (Å²) in [5.74, 6) is 0.710. The van der Waals surface area contributed by atoms with Gasteiger partial charge in [0.2, 0.25) is 0 Å². The Morgan fingerprint density at radius 3 is 2.00 bits per heavy atom. The fraction of sp³-hybridized carbons (Fsp3) is 0.368. The molecule has 0 spiro atoms. The van der Waals surface area contributed by atoms with Crippen LogP contribution in [0.25, 0.3) is 0 Å². The van der Waals surface area contributed by atoms with Crippen molar-refractivity contribution in [2.45, 2.75) is 26.2 Å². The van der Waals surface area contributed by atoms with Crippen molar-refractivity contribution in [1.82, 2.24) is 0 Å². The Hall–Kier alpha value is -1.65. The van der Waals surface area contributed by atoms with E-state index >= 15 is 0 Å². The normalized spacial score (nSPS) is 14.1. The summed E-state index contributed by atoms with van der Waals surface area (Å²) in [4.78, 5) is 9.90. The van der Waals surface area contributed by atoms with E-state index < -0.39 is 7.60 Å². The second kappa shape index (κ2) is 8.15. The lowest BCUT2D eigenvalue weighted by Crippen LogP contribution is -2.20. The molecule has 2 rings (SSSR count). The van der Waals surface area contributed by atoms with Crippen LogP contribution in [0, 0.1) is 0 Å². The lowest BCUT2D eigenvalue weighted by molar-refractivity contribution is 0.201. The smallest absolute Gasteiger partial charge is 0.358 e. The van der Waals surface area contributed by atoms with Crippen LogP contribution < -0.4 is 10.0 Å². The van der Waals surface area contributed by atoms with Gasteiger partial charge in [-0.2, -0.15) is 0 Å². The maximum atomic E-state index is 12.1. The van der Waals surface area contributed by atoms with Crippen molar-refractivity contribution in [2.75, 3.05) is 19.8 Å². The number of ether oxygens (including phenoxy) is 1. The molecule has 0 aliphatic heterocycles. The third kappa shape index (κ3) is 4.71. The molecule has 1 atom stereocenters. The third-order valence-corrected chi connectivity index (χ3v) is 5.71. The average Bonchev–Trinajstić information content (AvgIpc) is 2.60. The van der Waals surface area contributed by atoms with Crippen LogP contribution in [0.5, 0.6) is 5.75 Å².